The van der Waals surface area contributed by atoms with Gasteiger partial charge < -0.3 is 24.4 Å². The molecule has 0 aliphatic carbocycles. The van der Waals surface area contributed by atoms with Crippen LogP contribution in [0, 0.1) is 11.8 Å². The van der Waals surface area contributed by atoms with E-state index in [-0.39, 0.29) is 13.2 Å². The van der Waals surface area contributed by atoms with Gasteiger partial charge in [-0.1, -0.05) is 20.3 Å². The largest absolute Gasteiger partial charge is 0.396 e. The van der Waals surface area contributed by atoms with E-state index in [1.807, 2.05) is 6.92 Å². The summed E-state index contributed by atoms with van der Waals surface area (Å²) in [5, 5.41) is 17.5. The fraction of sp³-hybridized carbons (Fsp3) is 1.00. The van der Waals surface area contributed by atoms with Gasteiger partial charge in [0.15, 0.2) is 0 Å². The highest BCUT2D eigenvalue weighted by Crippen LogP contribution is 2.14. The van der Waals surface area contributed by atoms with Gasteiger partial charge in [-0.05, 0) is 18.3 Å². The first-order valence-electron chi connectivity index (χ1n) is 7.22. The normalized spacial score (nSPS) is 27.2. The fourth-order valence-corrected chi connectivity index (χ4v) is 1.67. The molecule has 0 aromatic carbocycles. The van der Waals surface area contributed by atoms with Crippen molar-refractivity contribution >= 4 is 0 Å². The number of ether oxygens (including phenoxy) is 3. The molecular formula is C14H28O5. The second-order valence-corrected chi connectivity index (χ2v) is 5.43. The Bertz CT molecular complexity index is 200. The summed E-state index contributed by atoms with van der Waals surface area (Å²) >= 11 is 0. The lowest BCUT2D eigenvalue weighted by atomic mass is 9.95. The Labute approximate surface area is 115 Å². The van der Waals surface area contributed by atoms with E-state index < -0.39 is 0 Å². The molecule has 0 saturated carbocycles. The zero-order valence-corrected chi connectivity index (χ0v) is 12.1. The van der Waals surface area contributed by atoms with Crippen LogP contribution in [0.4, 0.5) is 0 Å². The molecule has 2 aliphatic heterocycles. The monoisotopic (exact) mass is 276 g/mol. The van der Waals surface area contributed by atoms with Crippen molar-refractivity contribution in [2.24, 2.45) is 11.8 Å². The average Bonchev–Trinajstić information content (AvgIpc) is 3.30. The van der Waals surface area contributed by atoms with Crippen LogP contribution >= 0.6 is 0 Å². The maximum absolute atomic E-state index is 8.79. The molecule has 114 valence electrons. The van der Waals surface area contributed by atoms with E-state index in [0.29, 0.717) is 24.0 Å². The third-order valence-electron chi connectivity index (χ3n) is 3.30. The molecule has 0 aromatic heterocycles. The van der Waals surface area contributed by atoms with Gasteiger partial charge in [0.25, 0.3) is 0 Å². The minimum atomic E-state index is 0.233. The van der Waals surface area contributed by atoms with Gasteiger partial charge in [-0.3, -0.25) is 0 Å². The van der Waals surface area contributed by atoms with Gasteiger partial charge in [0.1, 0.15) is 12.2 Å². The Morgan fingerprint density at radius 2 is 1.63 bits per heavy atom. The number of rotatable bonds is 9. The summed E-state index contributed by atoms with van der Waals surface area (Å²) in [5.74, 6) is 0.708. The van der Waals surface area contributed by atoms with E-state index >= 15 is 0 Å². The standard InChI is InChI=1S/C8H18O2.C6H10O3/c1-3-8(6-10)4-7(2)5-9;1(5-3-8-5)7-2-6-4-9-6/h7-10H,3-6H2,1-2H3;5-6H,1-4H2. The number of epoxide rings is 2. The minimum absolute atomic E-state index is 0.233. The lowest BCUT2D eigenvalue weighted by Gasteiger charge is -2.14. The van der Waals surface area contributed by atoms with Crippen molar-refractivity contribution < 1.29 is 24.4 Å². The first kappa shape index (κ1) is 16.9. The zero-order valence-electron chi connectivity index (χ0n) is 12.1. The van der Waals surface area contributed by atoms with Gasteiger partial charge in [-0.15, -0.1) is 0 Å². The number of hydrogen-bond donors (Lipinski definition) is 2. The molecule has 0 spiro atoms. The third kappa shape index (κ3) is 9.35. The Morgan fingerprint density at radius 3 is 1.95 bits per heavy atom. The van der Waals surface area contributed by atoms with Crippen molar-refractivity contribution in [1.29, 1.82) is 0 Å². The van der Waals surface area contributed by atoms with Crippen LogP contribution in [0.25, 0.3) is 0 Å². The molecular weight excluding hydrogens is 248 g/mol. The lowest BCUT2D eigenvalue weighted by molar-refractivity contribution is 0.102. The van der Waals surface area contributed by atoms with Crippen molar-refractivity contribution in [2.45, 2.75) is 38.9 Å². The molecule has 2 heterocycles. The van der Waals surface area contributed by atoms with Crippen LogP contribution in [0.2, 0.25) is 0 Å². The number of hydrogen-bond acceptors (Lipinski definition) is 5. The van der Waals surface area contributed by atoms with Crippen LogP contribution < -0.4 is 0 Å². The predicted octanol–water partition coefficient (Wildman–Crippen LogP) is 0.824. The topological polar surface area (TPSA) is 74.8 Å². The van der Waals surface area contributed by atoms with Crippen LogP contribution in [0.15, 0.2) is 0 Å². The molecule has 0 aromatic rings. The Kier molecular flexibility index (Phi) is 8.57. The first-order valence-corrected chi connectivity index (χ1v) is 7.22. The van der Waals surface area contributed by atoms with E-state index in [1.54, 1.807) is 0 Å². The van der Waals surface area contributed by atoms with Crippen molar-refractivity contribution in [3.63, 3.8) is 0 Å². The highest BCUT2D eigenvalue weighted by Gasteiger charge is 2.26. The van der Waals surface area contributed by atoms with Crippen LogP contribution in [0.1, 0.15) is 26.7 Å². The Hall–Kier alpha value is -0.200. The van der Waals surface area contributed by atoms with E-state index in [2.05, 4.69) is 6.92 Å². The minimum Gasteiger partial charge on any atom is -0.396 e. The van der Waals surface area contributed by atoms with Gasteiger partial charge in [0.05, 0.1) is 26.4 Å². The van der Waals surface area contributed by atoms with Crippen LogP contribution in [-0.4, -0.2) is 62.1 Å². The van der Waals surface area contributed by atoms with Crippen LogP contribution in [0.3, 0.4) is 0 Å². The van der Waals surface area contributed by atoms with Crippen molar-refractivity contribution in [2.75, 3.05) is 39.6 Å². The summed E-state index contributed by atoms with van der Waals surface area (Å²) in [6.45, 7) is 7.80. The first-order chi connectivity index (χ1) is 9.19. The fourth-order valence-electron chi connectivity index (χ4n) is 1.67. The summed E-state index contributed by atoms with van der Waals surface area (Å²) in [6, 6.07) is 0. The zero-order chi connectivity index (χ0) is 14.1. The van der Waals surface area contributed by atoms with Gasteiger partial charge in [-0.2, -0.15) is 0 Å². The van der Waals surface area contributed by atoms with E-state index in [9.17, 15) is 0 Å². The SMILES string of the molecule is C(OCC1CO1)C1CO1.CCC(CO)CC(C)CO. The quantitative estimate of drug-likeness (QED) is 0.610. The molecule has 2 aliphatic rings. The highest BCUT2D eigenvalue weighted by molar-refractivity contribution is 4.71. The van der Waals surface area contributed by atoms with E-state index in [0.717, 1.165) is 39.3 Å². The molecule has 2 fully saturated rings. The number of aliphatic hydroxyl groups excluding tert-OH is 2. The van der Waals surface area contributed by atoms with Crippen molar-refractivity contribution in [3.05, 3.63) is 0 Å². The molecule has 5 heteroatoms. The molecule has 0 radical (unpaired) electrons. The summed E-state index contributed by atoms with van der Waals surface area (Å²) in [5.41, 5.74) is 0. The second kappa shape index (κ2) is 9.66. The molecule has 0 amide bonds. The summed E-state index contributed by atoms with van der Waals surface area (Å²) in [6.07, 6.45) is 2.72. The molecule has 19 heavy (non-hydrogen) atoms. The van der Waals surface area contributed by atoms with E-state index in [1.165, 1.54) is 0 Å². The van der Waals surface area contributed by atoms with Crippen molar-refractivity contribution in [3.8, 4) is 0 Å². The molecule has 4 atom stereocenters. The maximum Gasteiger partial charge on any atom is 0.104 e. The molecule has 4 unspecified atom stereocenters. The van der Waals surface area contributed by atoms with Crippen LogP contribution in [0.5, 0.6) is 0 Å². The predicted molar refractivity (Wildman–Crippen MR) is 72.0 cm³/mol. The van der Waals surface area contributed by atoms with Gasteiger partial charge in [0, 0.05) is 13.2 Å². The lowest BCUT2D eigenvalue weighted by Crippen LogP contribution is -2.12. The van der Waals surface area contributed by atoms with Gasteiger partial charge >= 0.3 is 0 Å². The third-order valence-corrected chi connectivity index (χ3v) is 3.30. The van der Waals surface area contributed by atoms with Crippen molar-refractivity contribution in [1.82, 2.24) is 0 Å². The van der Waals surface area contributed by atoms with Gasteiger partial charge in [-0.25, -0.2) is 0 Å². The Morgan fingerprint density at radius 1 is 1.11 bits per heavy atom. The molecule has 5 nitrogen and oxygen atoms in total. The van der Waals surface area contributed by atoms with Gasteiger partial charge in [0.2, 0.25) is 0 Å². The summed E-state index contributed by atoms with van der Waals surface area (Å²) < 4.78 is 15.1. The molecule has 2 saturated heterocycles. The van der Waals surface area contributed by atoms with E-state index in [4.69, 9.17) is 24.4 Å². The maximum atomic E-state index is 8.79. The van der Waals surface area contributed by atoms with Crippen LogP contribution in [-0.2, 0) is 14.2 Å². The highest BCUT2D eigenvalue weighted by atomic mass is 16.6. The second-order valence-electron chi connectivity index (χ2n) is 5.43. The summed E-state index contributed by atoms with van der Waals surface area (Å²) in [7, 11) is 0. The molecule has 2 rings (SSSR count). The Balaban J connectivity index is 0.000000190. The molecule has 2 N–H and O–H groups in total. The molecule has 0 bridgehead atoms. The summed E-state index contributed by atoms with van der Waals surface area (Å²) in [4.78, 5) is 0. The smallest absolute Gasteiger partial charge is 0.104 e. The average molecular weight is 276 g/mol. The number of aliphatic hydroxyl groups is 2.